The van der Waals surface area contributed by atoms with Gasteiger partial charge in [-0.25, -0.2) is 13.1 Å². The molecule has 0 saturated heterocycles. The summed E-state index contributed by atoms with van der Waals surface area (Å²) < 4.78 is 32.7. The van der Waals surface area contributed by atoms with Gasteiger partial charge in [0.25, 0.3) is 0 Å². The number of sulfonamides is 1. The highest BCUT2D eigenvalue weighted by Gasteiger charge is 2.15. The lowest BCUT2D eigenvalue weighted by molar-refractivity contribution is -0.143. The van der Waals surface area contributed by atoms with Crippen LogP contribution in [-0.4, -0.2) is 33.3 Å². The van der Waals surface area contributed by atoms with Gasteiger partial charge >= 0.3 is 5.97 Å². The lowest BCUT2D eigenvalue weighted by atomic mass is 9.95. The summed E-state index contributed by atoms with van der Waals surface area (Å²) in [6.45, 7) is 2.13. The van der Waals surface area contributed by atoms with Gasteiger partial charge in [-0.15, -0.1) is 0 Å². The standard InChI is InChI=1S/C27H25ClN2O5S/c1-2-35-26(31)12-5-20-15-21(13-14-30-36(33,34)25-10-8-24(28)9-11-25)17-23(16-20)27(32)22-6-3-19(18-29)4-7-22/h3-4,6-11,15-17,30H,2,5,12-14H2,1H3. The highest BCUT2D eigenvalue weighted by molar-refractivity contribution is 7.89. The number of hydrogen-bond acceptors (Lipinski definition) is 6. The van der Waals surface area contributed by atoms with Crippen molar-refractivity contribution in [2.24, 2.45) is 0 Å². The molecule has 0 aliphatic rings. The van der Waals surface area contributed by atoms with E-state index in [1.165, 1.54) is 24.3 Å². The lowest BCUT2D eigenvalue weighted by Crippen LogP contribution is -2.26. The largest absolute Gasteiger partial charge is 0.466 e. The third-order valence-corrected chi connectivity index (χ3v) is 7.07. The smallest absolute Gasteiger partial charge is 0.306 e. The second-order valence-corrected chi connectivity index (χ2v) is 10.2. The SMILES string of the molecule is CCOC(=O)CCc1cc(CCNS(=O)(=O)c2ccc(Cl)cc2)cc(C(=O)c2ccc(C#N)cc2)c1. The molecule has 0 fully saturated rings. The summed E-state index contributed by atoms with van der Waals surface area (Å²) in [5.41, 5.74) is 2.79. The zero-order valence-electron chi connectivity index (χ0n) is 19.7. The van der Waals surface area contributed by atoms with Crippen molar-refractivity contribution in [1.29, 1.82) is 5.26 Å². The molecule has 1 N–H and O–H groups in total. The Bertz CT molecular complexity index is 1380. The molecule has 0 spiro atoms. The summed E-state index contributed by atoms with van der Waals surface area (Å²) >= 11 is 5.84. The van der Waals surface area contributed by atoms with Crippen LogP contribution in [0.2, 0.25) is 5.02 Å². The highest BCUT2D eigenvalue weighted by Crippen LogP contribution is 2.18. The van der Waals surface area contributed by atoms with E-state index in [9.17, 15) is 18.0 Å². The fourth-order valence-electron chi connectivity index (χ4n) is 3.55. The molecule has 186 valence electrons. The van der Waals surface area contributed by atoms with Crippen LogP contribution in [0.1, 0.15) is 46.0 Å². The molecule has 0 bridgehead atoms. The second kappa shape index (κ2) is 12.5. The Labute approximate surface area is 215 Å². The van der Waals surface area contributed by atoms with Crippen molar-refractivity contribution in [3.05, 3.63) is 99.6 Å². The summed E-state index contributed by atoms with van der Waals surface area (Å²) in [4.78, 5) is 25.1. The molecule has 0 amide bonds. The number of carbonyl (C=O) groups excluding carboxylic acids is 2. The van der Waals surface area contributed by atoms with Crippen molar-refractivity contribution in [3.63, 3.8) is 0 Å². The van der Waals surface area contributed by atoms with E-state index in [0.717, 1.165) is 11.1 Å². The van der Waals surface area contributed by atoms with Crippen LogP contribution >= 0.6 is 11.6 Å². The van der Waals surface area contributed by atoms with Gasteiger partial charge < -0.3 is 4.74 Å². The van der Waals surface area contributed by atoms with Crippen molar-refractivity contribution < 1.29 is 22.7 Å². The van der Waals surface area contributed by atoms with Gasteiger partial charge in [-0.3, -0.25) is 9.59 Å². The molecular weight excluding hydrogens is 500 g/mol. The summed E-state index contributed by atoms with van der Waals surface area (Å²) in [6, 6.07) is 19.5. The lowest BCUT2D eigenvalue weighted by Gasteiger charge is -2.11. The Hall–Kier alpha value is -3.51. The molecule has 9 heteroatoms. The van der Waals surface area contributed by atoms with Crippen molar-refractivity contribution in [2.75, 3.05) is 13.2 Å². The first-order valence-electron chi connectivity index (χ1n) is 11.3. The number of aryl methyl sites for hydroxylation is 1. The predicted octanol–water partition coefficient (Wildman–Crippen LogP) is 4.46. The highest BCUT2D eigenvalue weighted by atomic mass is 35.5. The summed E-state index contributed by atoms with van der Waals surface area (Å²) in [6.07, 6.45) is 0.857. The number of ketones is 1. The zero-order chi connectivity index (χ0) is 26.1. The molecular formula is C27H25ClN2O5S. The van der Waals surface area contributed by atoms with Gasteiger partial charge in [0.05, 0.1) is 23.1 Å². The minimum atomic E-state index is -3.72. The van der Waals surface area contributed by atoms with Crippen LogP contribution in [0.15, 0.2) is 71.6 Å². The third kappa shape index (κ3) is 7.49. The maximum atomic E-state index is 13.1. The Morgan fingerprint density at radius 1 is 0.944 bits per heavy atom. The van der Waals surface area contributed by atoms with Crippen LogP contribution in [0, 0.1) is 11.3 Å². The van der Waals surface area contributed by atoms with Crippen LogP contribution < -0.4 is 4.72 Å². The summed E-state index contributed by atoms with van der Waals surface area (Å²) in [5.74, 6) is -0.570. The van der Waals surface area contributed by atoms with Crippen LogP contribution in [-0.2, 0) is 32.4 Å². The number of hydrogen-bond donors (Lipinski definition) is 1. The molecule has 7 nitrogen and oxygen atoms in total. The number of nitriles is 1. The topological polar surface area (TPSA) is 113 Å². The Balaban J connectivity index is 1.80. The van der Waals surface area contributed by atoms with E-state index in [0.29, 0.717) is 34.6 Å². The normalized spacial score (nSPS) is 11.0. The number of nitrogens with zero attached hydrogens (tertiary/aromatic N) is 1. The van der Waals surface area contributed by atoms with Gasteiger partial charge in [0, 0.05) is 29.1 Å². The maximum absolute atomic E-state index is 13.1. The van der Waals surface area contributed by atoms with Crippen molar-refractivity contribution >= 4 is 33.4 Å². The van der Waals surface area contributed by atoms with Gasteiger partial charge in [-0.2, -0.15) is 5.26 Å². The average Bonchev–Trinajstić information content (AvgIpc) is 2.87. The van der Waals surface area contributed by atoms with Gasteiger partial charge in [0.1, 0.15) is 0 Å². The number of carbonyl (C=O) groups is 2. The molecule has 0 heterocycles. The first-order chi connectivity index (χ1) is 17.2. The molecule has 0 saturated carbocycles. The molecule has 0 aliphatic heterocycles. The molecule has 0 radical (unpaired) electrons. The first-order valence-corrected chi connectivity index (χ1v) is 13.2. The van der Waals surface area contributed by atoms with Crippen molar-refractivity contribution in [1.82, 2.24) is 4.72 Å². The van der Waals surface area contributed by atoms with Crippen molar-refractivity contribution in [3.8, 4) is 6.07 Å². The minimum absolute atomic E-state index is 0.103. The van der Waals surface area contributed by atoms with Crippen LogP contribution in [0.5, 0.6) is 0 Å². The fraction of sp³-hybridized carbons (Fsp3) is 0.222. The number of benzene rings is 3. The van der Waals surface area contributed by atoms with E-state index in [4.69, 9.17) is 21.6 Å². The first kappa shape index (κ1) is 27.1. The molecule has 0 unspecified atom stereocenters. The molecule has 0 aromatic heterocycles. The van der Waals surface area contributed by atoms with Gasteiger partial charge in [-0.1, -0.05) is 17.7 Å². The quantitative estimate of drug-likeness (QED) is 0.292. The Morgan fingerprint density at radius 3 is 2.19 bits per heavy atom. The molecule has 3 aromatic rings. The summed E-state index contributed by atoms with van der Waals surface area (Å²) in [5, 5.41) is 9.43. The Kier molecular flexibility index (Phi) is 9.37. The second-order valence-electron chi connectivity index (χ2n) is 7.96. The van der Waals surface area contributed by atoms with Gasteiger partial charge in [0.2, 0.25) is 10.0 Å². The predicted molar refractivity (Wildman–Crippen MR) is 136 cm³/mol. The number of halogens is 1. The molecule has 3 aromatic carbocycles. The monoisotopic (exact) mass is 524 g/mol. The molecule has 0 atom stereocenters. The van der Waals surface area contributed by atoms with E-state index in [2.05, 4.69) is 4.72 Å². The summed E-state index contributed by atoms with van der Waals surface area (Å²) in [7, 11) is -3.72. The van der Waals surface area contributed by atoms with E-state index >= 15 is 0 Å². The van der Waals surface area contributed by atoms with Crippen molar-refractivity contribution in [2.45, 2.75) is 31.1 Å². The van der Waals surface area contributed by atoms with Gasteiger partial charge in [-0.05, 0) is 91.6 Å². The third-order valence-electron chi connectivity index (χ3n) is 5.34. The van der Waals surface area contributed by atoms with Crippen LogP contribution in [0.3, 0.4) is 0 Å². The van der Waals surface area contributed by atoms with E-state index in [1.807, 2.05) is 12.1 Å². The van der Waals surface area contributed by atoms with E-state index in [-0.39, 0.29) is 36.2 Å². The average molecular weight is 525 g/mol. The number of ether oxygens (including phenoxy) is 1. The number of esters is 1. The molecule has 36 heavy (non-hydrogen) atoms. The van der Waals surface area contributed by atoms with Crippen LogP contribution in [0.25, 0.3) is 0 Å². The van der Waals surface area contributed by atoms with E-state index < -0.39 is 10.0 Å². The van der Waals surface area contributed by atoms with Gasteiger partial charge in [0.15, 0.2) is 5.78 Å². The minimum Gasteiger partial charge on any atom is -0.466 e. The molecule has 3 rings (SSSR count). The number of nitrogens with one attached hydrogen (secondary N) is 1. The zero-order valence-corrected chi connectivity index (χ0v) is 21.2. The molecule has 0 aliphatic carbocycles. The van der Waals surface area contributed by atoms with Crippen LogP contribution in [0.4, 0.5) is 0 Å². The Morgan fingerprint density at radius 2 is 1.58 bits per heavy atom. The fourth-order valence-corrected chi connectivity index (χ4v) is 4.71. The number of rotatable bonds is 11. The maximum Gasteiger partial charge on any atom is 0.306 e. The van der Waals surface area contributed by atoms with E-state index in [1.54, 1.807) is 43.3 Å².